The van der Waals surface area contributed by atoms with E-state index in [4.69, 9.17) is 5.73 Å². The van der Waals surface area contributed by atoms with Gasteiger partial charge < -0.3 is 16.4 Å². The van der Waals surface area contributed by atoms with E-state index >= 15 is 0 Å². The molecule has 0 spiro atoms. The van der Waals surface area contributed by atoms with Crippen LogP contribution in [0.4, 0.5) is 16.2 Å². The maximum atomic E-state index is 10.7. The number of benzene rings is 1. The highest BCUT2D eigenvalue weighted by atomic mass is 16.2. The average Bonchev–Trinajstić information content (AvgIpc) is 2.37. The van der Waals surface area contributed by atoms with E-state index in [0.717, 1.165) is 11.3 Å². The first-order valence-electron chi connectivity index (χ1n) is 5.53. The summed E-state index contributed by atoms with van der Waals surface area (Å²) in [6.07, 6.45) is 3.50. The van der Waals surface area contributed by atoms with E-state index in [-0.39, 0.29) is 0 Å². The predicted molar refractivity (Wildman–Crippen MR) is 71.2 cm³/mol. The molecule has 2 amide bonds. The molecule has 0 saturated heterocycles. The molecule has 1 heterocycles. The lowest BCUT2D eigenvalue weighted by Gasteiger charge is -2.08. The summed E-state index contributed by atoms with van der Waals surface area (Å²) in [5.41, 5.74) is 7.78. The van der Waals surface area contributed by atoms with Crippen LogP contribution in [0, 0.1) is 0 Å². The number of hydrogen-bond donors (Lipinski definition) is 3. The Kier molecular flexibility index (Phi) is 3.76. The number of anilines is 2. The molecule has 0 atom stereocenters. The molecule has 0 unspecified atom stereocenters. The van der Waals surface area contributed by atoms with Gasteiger partial charge in [0.1, 0.15) is 0 Å². The number of aromatic nitrogens is 1. The Balaban J connectivity index is 1.99. The number of urea groups is 1. The van der Waals surface area contributed by atoms with Gasteiger partial charge in [0, 0.05) is 30.3 Å². The van der Waals surface area contributed by atoms with Gasteiger partial charge in [0.15, 0.2) is 0 Å². The third-order valence-corrected chi connectivity index (χ3v) is 2.38. The van der Waals surface area contributed by atoms with E-state index in [1.165, 1.54) is 0 Å². The lowest BCUT2D eigenvalue weighted by atomic mass is 10.2. The molecule has 2 rings (SSSR count). The van der Waals surface area contributed by atoms with Crippen LogP contribution in [0.5, 0.6) is 0 Å². The Morgan fingerprint density at radius 3 is 2.61 bits per heavy atom. The van der Waals surface area contributed by atoms with E-state index in [2.05, 4.69) is 15.6 Å². The molecule has 0 aliphatic carbocycles. The fourth-order valence-corrected chi connectivity index (χ4v) is 1.55. The van der Waals surface area contributed by atoms with Gasteiger partial charge in [-0.3, -0.25) is 4.98 Å². The smallest absolute Gasteiger partial charge is 0.316 e. The van der Waals surface area contributed by atoms with Gasteiger partial charge in [0.05, 0.1) is 0 Å². The van der Waals surface area contributed by atoms with E-state index in [1.54, 1.807) is 18.5 Å². The van der Waals surface area contributed by atoms with Crippen molar-refractivity contribution in [3.05, 3.63) is 54.4 Å². The summed E-state index contributed by atoms with van der Waals surface area (Å²) in [6.45, 7) is 0.697. The van der Waals surface area contributed by atoms with Crippen molar-refractivity contribution < 1.29 is 4.79 Å². The topological polar surface area (TPSA) is 80.0 Å². The van der Waals surface area contributed by atoms with Crippen molar-refractivity contribution in [2.45, 2.75) is 6.54 Å². The molecule has 5 heteroatoms. The summed E-state index contributed by atoms with van der Waals surface area (Å²) < 4.78 is 0. The van der Waals surface area contributed by atoms with Gasteiger partial charge in [0.2, 0.25) is 0 Å². The number of hydrogen-bond acceptors (Lipinski definition) is 3. The summed E-state index contributed by atoms with van der Waals surface area (Å²) >= 11 is 0. The second-order valence-corrected chi connectivity index (χ2v) is 3.78. The van der Waals surface area contributed by atoms with Crippen LogP contribution >= 0.6 is 0 Å². The Bertz CT molecular complexity index is 528. The lowest BCUT2D eigenvalue weighted by molar-refractivity contribution is 0.259. The maximum absolute atomic E-state index is 10.7. The third-order valence-electron chi connectivity index (χ3n) is 2.38. The van der Waals surface area contributed by atoms with Crippen molar-refractivity contribution in [3.8, 4) is 0 Å². The number of carbonyl (C=O) groups is 1. The van der Waals surface area contributed by atoms with Gasteiger partial charge in [-0.05, 0) is 35.9 Å². The fourth-order valence-electron chi connectivity index (χ4n) is 1.55. The van der Waals surface area contributed by atoms with Crippen LogP contribution in [-0.4, -0.2) is 11.0 Å². The van der Waals surface area contributed by atoms with Crippen LogP contribution in [0.3, 0.4) is 0 Å². The standard InChI is InChI=1S/C13H14N4O/c14-13(18)17-12-3-1-2-11(8-12)16-9-10-4-6-15-7-5-10/h1-8,16H,9H2,(H3,14,17,18). The van der Waals surface area contributed by atoms with Crippen LogP contribution in [0.25, 0.3) is 0 Å². The van der Waals surface area contributed by atoms with Crippen LogP contribution < -0.4 is 16.4 Å². The molecule has 0 aliphatic rings. The van der Waals surface area contributed by atoms with Gasteiger partial charge in [-0.1, -0.05) is 6.07 Å². The number of amides is 2. The first-order chi connectivity index (χ1) is 8.74. The van der Waals surface area contributed by atoms with Crippen LogP contribution in [0.2, 0.25) is 0 Å². The number of rotatable bonds is 4. The number of nitrogens with two attached hydrogens (primary N) is 1. The van der Waals surface area contributed by atoms with E-state index < -0.39 is 6.03 Å². The highest BCUT2D eigenvalue weighted by Gasteiger charge is 1.98. The van der Waals surface area contributed by atoms with E-state index in [0.29, 0.717) is 12.2 Å². The fraction of sp³-hybridized carbons (Fsp3) is 0.0769. The van der Waals surface area contributed by atoms with Crippen molar-refractivity contribution in [1.29, 1.82) is 0 Å². The van der Waals surface area contributed by atoms with Gasteiger partial charge in [-0.25, -0.2) is 4.79 Å². The second-order valence-electron chi connectivity index (χ2n) is 3.78. The molecule has 0 saturated carbocycles. The number of nitrogens with one attached hydrogen (secondary N) is 2. The summed E-state index contributed by atoms with van der Waals surface area (Å²) in [5, 5.41) is 5.79. The monoisotopic (exact) mass is 242 g/mol. The van der Waals surface area contributed by atoms with Gasteiger partial charge in [0.25, 0.3) is 0 Å². The highest BCUT2D eigenvalue weighted by molar-refractivity contribution is 5.88. The van der Waals surface area contributed by atoms with E-state index in [1.807, 2.05) is 30.3 Å². The number of carbonyl (C=O) groups excluding carboxylic acids is 1. The Morgan fingerprint density at radius 1 is 1.17 bits per heavy atom. The first kappa shape index (κ1) is 11.9. The molecular formula is C13H14N4O. The zero-order chi connectivity index (χ0) is 12.8. The van der Waals surface area contributed by atoms with Crippen molar-refractivity contribution in [1.82, 2.24) is 4.98 Å². The zero-order valence-electron chi connectivity index (χ0n) is 9.76. The molecule has 4 N–H and O–H groups in total. The SMILES string of the molecule is NC(=O)Nc1cccc(NCc2ccncc2)c1. The molecule has 0 fully saturated rings. The number of pyridine rings is 1. The van der Waals surface area contributed by atoms with Crippen molar-refractivity contribution in [2.75, 3.05) is 10.6 Å². The van der Waals surface area contributed by atoms with Gasteiger partial charge in [-0.15, -0.1) is 0 Å². The lowest BCUT2D eigenvalue weighted by Crippen LogP contribution is -2.19. The molecule has 18 heavy (non-hydrogen) atoms. The molecule has 1 aromatic carbocycles. The molecular weight excluding hydrogens is 228 g/mol. The van der Waals surface area contributed by atoms with Gasteiger partial charge in [-0.2, -0.15) is 0 Å². The Labute approximate surface area is 105 Å². The molecule has 0 aliphatic heterocycles. The second kappa shape index (κ2) is 5.67. The van der Waals surface area contributed by atoms with E-state index in [9.17, 15) is 4.79 Å². The normalized spacial score (nSPS) is 9.78. The number of nitrogens with zero attached hydrogens (tertiary/aromatic N) is 1. The van der Waals surface area contributed by atoms with Gasteiger partial charge >= 0.3 is 6.03 Å². The minimum atomic E-state index is -0.568. The largest absolute Gasteiger partial charge is 0.381 e. The summed E-state index contributed by atoms with van der Waals surface area (Å²) in [5.74, 6) is 0. The van der Waals surface area contributed by atoms with Crippen molar-refractivity contribution in [2.24, 2.45) is 5.73 Å². The Morgan fingerprint density at radius 2 is 1.89 bits per heavy atom. The summed E-state index contributed by atoms with van der Waals surface area (Å²) in [7, 11) is 0. The molecule has 5 nitrogen and oxygen atoms in total. The zero-order valence-corrected chi connectivity index (χ0v) is 9.76. The third kappa shape index (κ3) is 3.48. The maximum Gasteiger partial charge on any atom is 0.316 e. The summed E-state index contributed by atoms with van der Waals surface area (Å²) in [6, 6.07) is 10.7. The van der Waals surface area contributed by atoms with Crippen LogP contribution in [0.1, 0.15) is 5.56 Å². The molecule has 1 aromatic heterocycles. The molecule has 92 valence electrons. The molecule has 0 radical (unpaired) electrons. The summed E-state index contributed by atoms with van der Waals surface area (Å²) in [4.78, 5) is 14.7. The quantitative estimate of drug-likeness (QED) is 0.768. The minimum Gasteiger partial charge on any atom is -0.381 e. The average molecular weight is 242 g/mol. The van der Waals surface area contributed by atoms with Crippen molar-refractivity contribution >= 4 is 17.4 Å². The molecule has 0 bridgehead atoms. The van der Waals surface area contributed by atoms with Crippen molar-refractivity contribution in [3.63, 3.8) is 0 Å². The Hall–Kier alpha value is -2.56. The van der Waals surface area contributed by atoms with Crippen LogP contribution in [0.15, 0.2) is 48.8 Å². The first-order valence-corrected chi connectivity index (χ1v) is 5.53. The van der Waals surface area contributed by atoms with Crippen LogP contribution in [-0.2, 0) is 6.54 Å². The predicted octanol–water partition coefficient (Wildman–Crippen LogP) is 2.18. The highest BCUT2D eigenvalue weighted by Crippen LogP contribution is 2.15. The number of primary amides is 1. The minimum absolute atomic E-state index is 0.568. The molecule has 2 aromatic rings.